The second-order valence-corrected chi connectivity index (χ2v) is 5.17. The third-order valence-electron chi connectivity index (χ3n) is 3.40. The maximum Gasteiger partial charge on any atom is 0.265 e. The molecule has 5 heteroatoms. The van der Waals surface area contributed by atoms with Crippen LogP contribution in [0.5, 0.6) is 5.75 Å². The molecule has 1 aliphatic rings. The fourth-order valence-electron chi connectivity index (χ4n) is 2.27. The first-order valence-electron chi connectivity index (χ1n) is 7.07. The van der Waals surface area contributed by atoms with Crippen molar-refractivity contribution in [2.75, 3.05) is 10.6 Å². The number of carbonyl (C=O) groups is 2. The monoisotopic (exact) mass is 296 g/mol. The van der Waals surface area contributed by atoms with Crippen molar-refractivity contribution >= 4 is 23.2 Å². The van der Waals surface area contributed by atoms with E-state index in [-0.39, 0.29) is 11.8 Å². The molecule has 0 saturated heterocycles. The van der Waals surface area contributed by atoms with E-state index in [0.717, 1.165) is 5.56 Å². The van der Waals surface area contributed by atoms with Gasteiger partial charge in [0.2, 0.25) is 5.91 Å². The molecule has 2 aromatic carbocycles. The summed E-state index contributed by atoms with van der Waals surface area (Å²) in [6, 6.07) is 14.7. The largest absolute Gasteiger partial charge is 0.479 e. The molecule has 112 valence electrons. The molecular weight excluding hydrogens is 280 g/mol. The van der Waals surface area contributed by atoms with Crippen molar-refractivity contribution in [3.05, 3.63) is 54.1 Å². The van der Waals surface area contributed by atoms with Crippen LogP contribution in [0.15, 0.2) is 48.5 Å². The van der Waals surface area contributed by atoms with Crippen LogP contribution in [-0.2, 0) is 16.0 Å². The zero-order valence-electron chi connectivity index (χ0n) is 12.1. The van der Waals surface area contributed by atoms with Gasteiger partial charge < -0.3 is 15.4 Å². The Kier molecular flexibility index (Phi) is 3.78. The van der Waals surface area contributed by atoms with Gasteiger partial charge in [-0.15, -0.1) is 0 Å². The number of hydrogen-bond donors (Lipinski definition) is 2. The van der Waals surface area contributed by atoms with E-state index in [1.54, 1.807) is 25.1 Å². The Labute approximate surface area is 128 Å². The Balaban J connectivity index is 1.70. The number of nitrogens with one attached hydrogen (secondary N) is 2. The zero-order chi connectivity index (χ0) is 15.5. The van der Waals surface area contributed by atoms with E-state index in [1.165, 1.54) is 0 Å². The van der Waals surface area contributed by atoms with Gasteiger partial charge in [-0.25, -0.2) is 0 Å². The van der Waals surface area contributed by atoms with Crippen LogP contribution in [0.3, 0.4) is 0 Å². The number of fused-ring (bicyclic) bond motifs is 1. The Morgan fingerprint density at radius 1 is 1.23 bits per heavy atom. The van der Waals surface area contributed by atoms with E-state index in [9.17, 15) is 9.59 Å². The summed E-state index contributed by atoms with van der Waals surface area (Å²) in [4.78, 5) is 23.6. The summed E-state index contributed by atoms with van der Waals surface area (Å²) in [6.07, 6.45) is -0.205. The minimum atomic E-state index is -0.508. The average Bonchev–Trinajstić information content (AvgIpc) is 2.49. The molecule has 5 nitrogen and oxygen atoms in total. The first kappa shape index (κ1) is 14.1. The highest BCUT2D eigenvalue weighted by Crippen LogP contribution is 2.32. The van der Waals surface area contributed by atoms with Gasteiger partial charge in [-0.2, -0.15) is 0 Å². The summed E-state index contributed by atoms with van der Waals surface area (Å²) < 4.78 is 5.47. The molecule has 1 heterocycles. The lowest BCUT2D eigenvalue weighted by Crippen LogP contribution is -2.34. The Morgan fingerprint density at radius 2 is 2.00 bits per heavy atom. The summed E-state index contributed by atoms with van der Waals surface area (Å²) in [5.74, 6) is 0.302. The van der Waals surface area contributed by atoms with Gasteiger partial charge in [-0.3, -0.25) is 9.59 Å². The van der Waals surface area contributed by atoms with Crippen molar-refractivity contribution in [3.63, 3.8) is 0 Å². The number of benzene rings is 2. The van der Waals surface area contributed by atoms with Gasteiger partial charge in [0.05, 0.1) is 12.1 Å². The second-order valence-electron chi connectivity index (χ2n) is 5.17. The van der Waals surface area contributed by atoms with Crippen LogP contribution in [0.25, 0.3) is 0 Å². The van der Waals surface area contributed by atoms with Crippen LogP contribution >= 0.6 is 0 Å². The Morgan fingerprint density at radius 3 is 2.77 bits per heavy atom. The number of amides is 2. The first-order valence-corrected chi connectivity index (χ1v) is 7.07. The molecular formula is C17H16N2O3. The minimum Gasteiger partial charge on any atom is -0.479 e. The third kappa shape index (κ3) is 3.09. The fourth-order valence-corrected chi connectivity index (χ4v) is 2.27. The van der Waals surface area contributed by atoms with Gasteiger partial charge in [0.15, 0.2) is 6.10 Å². The van der Waals surface area contributed by atoms with E-state index in [2.05, 4.69) is 10.6 Å². The SMILES string of the molecule is CC1Oc2ccc(NC(=O)Cc3ccccc3)cc2NC1=O. The molecule has 1 unspecified atom stereocenters. The summed E-state index contributed by atoms with van der Waals surface area (Å²) in [5, 5.41) is 5.58. The molecule has 2 N–H and O–H groups in total. The van der Waals surface area contributed by atoms with Gasteiger partial charge in [0.25, 0.3) is 5.91 Å². The standard InChI is InChI=1S/C17H16N2O3/c1-11-17(21)19-14-10-13(7-8-15(14)22-11)18-16(20)9-12-5-3-2-4-6-12/h2-8,10-11H,9H2,1H3,(H,18,20)(H,19,21). The van der Waals surface area contributed by atoms with Gasteiger partial charge >= 0.3 is 0 Å². The smallest absolute Gasteiger partial charge is 0.265 e. The third-order valence-corrected chi connectivity index (χ3v) is 3.40. The number of hydrogen-bond acceptors (Lipinski definition) is 3. The molecule has 1 atom stereocenters. The summed E-state index contributed by atoms with van der Waals surface area (Å²) in [5.41, 5.74) is 2.14. The Hall–Kier alpha value is -2.82. The number of anilines is 2. The van der Waals surface area contributed by atoms with Gasteiger partial charge in [-0.1, -0.05) is 30.3 Å². The molecule has 0 aromatic heterocycles. The Bertz CT molecular complexity index is 713. The lowest BCUT2D eigenvalue weighted by atomic mass is 10.1. The van der Waals surface area contributed by atoms with Gasteiger partial charge in [0.1, 0.15) is 5.75 Å². The highest BCUT2D eigenvalue weighted by Gasteiger charge is 2.23. The van der Waals surface area contributed by atoms with Crippen molar-refractivity contribution in [2.24, 2.45) is 0 Å². The highest BCUT2D eigenvalue weighted by atomic mass is 16.5. The predicted octanol–water partition coefficient (Wildman–Crippen LogP) is 2.59. The van der Waals surface area contributed by atoms with Crippen LogP contribution in [0, 0.1) is 0 Å². The van der Waals surface area contributed by atoms with Crippen LogP contribution < -0.4 is 15.4 Å². The number of rotatable bonds is 3. The van der Waals surface area contributed by atoms with Crippen LogP contribution in [0.4, 0.5) is 11.4 Å². The molecule has 3 rings (SSSR count). The van der Waals surface area contributed by atoms with E-state index in [1.807, 2.05) is 30.3 Å². The summed E-state index contributed by atoms with van der Waals surface area (Å²) in [7, 11) is 0. The highest BCUT2D eigenvalue weighted by molar-refractivity contribution is 5.99. The maximum atomic E-state index is 12.0. The van der Waals surface area contributed by atoms with Crippen LogP contribution in [0.1, 0.15) is 12.5 Å². The van der Waals surface area contributed by atoms with E-state index in [0.29, 0.717) is 23.5 Å². The molecule has 0 aliphatic carbocycles. The van der Waals surface area contributed by atoms with Crippen molar-refractivity contribution in [3.8, 4) is 5.75 Å². The molecule has 0 fully saturated rings. The van der Waals surface area contributed by atoms with Crippen molar-refractivity contribution in [1.29, 1.82) is 0 Å². The van der Waals surface area contributed by atoms with Gasteiger partial charge in [-0.05, 0) is 30.7 Å². The molecule has 1 aliphatic heterocycles. The molecule has 0 bridgehead atoms. The van der Waals surface area contributed by atoms with Crippen molar-refractivity contribution < 1.29 is 14.3 Å². The normalized spacial score (nSPS) is 16.2. The number of ether oxygens (including phenoxy) is 1. The van der Waals surface area contributed by atoms with Crippen molar-refractivity contribution in [1.82, 2.24) is 0 Å². The minimum absolute atomic E-state index is 0.109. The molecule has 2 amide bonds. The molecule has 2 aromatic rings. The van der Waals surface area contributed by atoms with E-state index in [4.69, 9.17) is 4.74 Å². The lowest BCUT2D eigenvalue weighted by molar-refractivity contribution is -0.122. The molecule has 0 saturated carbocycles. The van der Waals surface area contributed by atoms with Crippen LogP contribution in [-0.4, -0.2) is 17.9 Å². The summed E-state index contributed by atoms with van der Waals surface area (Å²) >= 11 is 0. The first-order chi connectivity index (χ1) is 10.6. The lowest BCUT2D eigenvalue weighted by Gasteiger charge is -2.23. The fraction of sp³-hybridized carbons (Fsp3) is 0.176. The predicted molar refractivity (Wildman–Crippen MR) is 83.9 cm³/mol. The average molecular weight is 296 g/mol. The van der Waals surface area contributed by atoms with Gasteiger partial charge in [0, 0.05) is 5.69 Å². The quantitative estimate of drug-likeness (QED) is 0.915. The van der Waals surface area contributed by atoms with E-state index < -0.39 is 6.10 Å². The summed E-state index contributed by atoms with van der Waals surface area (Å²) in [6.45, 7) is 1.69. The zero-order valence-corrected chi connectivity index (χ0v) is 12.1. The topological polar surface area (TPSA) is 67.4 Å². The molecule has 0 radical (unpaired) electrons. The number of carbonyl (C=O) groups excluding carboxylic acids is 2. The van der Waals surface area contributed by atoms with Crippen LogP contribution in [0.2, 0.25) is 0 Å². The molecule has 22 heavy (non-hydrogen) atoms. The van der Waals surface area contributed by atoms with Crippen molar-refractivity contribution in [2.45, 2.75) is 19.4 Å². The van der Waals surface area contributed by atoms with E-state index >= 15 is 0 Å². The maximum absolute atomic E-state index is 12.0. The molecule has 0 spiro atoms. The second kappa shape index (κ2) is 5.89.